The van der Waals surface area contributed by atoms with E-state index in [0.29, 0.717) is 15.7 Å². The molecule has 2 aromatic heterocycles. The van der Waals surface area contributed by atoms with E-state index in [4.69, 9.17) is 5.26 Å². The van der Waals surface area contributed by atoms with Crippen LogP contribution in [0.4, 0.5) is 5.00 Å². The third-order valence-electron chi connectivity index (χ3n) is 2.22. The first kappa shape index (κ1) is 13.6. The Bertz CT molecular complexity index is 613. The first-order valence-corrected chi connectivity index (χ1v) is 7.41. The van der Waals surface area contributed by atoms with Gasteiger partial charge in [0.15, 0.2) is 0 Å². The van der Waals surface area contributed by atoms with Crippen molar-refractivity contribution in [1.82, 2.24) is 15.2 Å². The van der Waals surface area contributed by atoms with Gasteiger partial charge >= 0.3 is 0 Å². The molecule has 0 aromatic carbocycles. The van der Waals surface area contributed by atoms with Gasteiger partial charge in [-0.05, 0) is 11.4 Å². The molecule has 0 fully saturated rings. The van der Waals surface area contributed by atoms with Gasteiger partial charge in [-0.2, -0.15) is 5.26 Å². The van der Waals surface area contributed by atoms with Gasteiger partial charge in [0.1, 0.15) is 16.9 Å². The smallest absolute Gasteiger partial charge is 0.235 e. The monoisotopic (exact) mass is 293 g/mol. The van der Waals surface area contributed by atoms with Gasteiger partial charge in [-0.1, -0.05) is 18.7 Å². The van der Waals surface area contributed by atoms with Crippen LogP contribution in [0.15, 0.2) is 16.6 Å². The first-order chi connectivity index (χ1) is 9.22. The molecule has 0 aliphatic heterocycles. The predicted molar refractivity (Wildman–Crippen MR) is 74.1 cm³/mol. The number of nitrogens with one attached hydrogen (secondary N) is 2. The molecule has 2 heterocycles. The van der Waals surface area contributed by atoms with Crippen molar-refractivity contribution >= 4 is 34.0 Å². The average molecular weight is 293 g/mol. The highest BCUT2D eigenvalue weighted by Crippen LogP contribution is 2.22. The molecule has 0 saturated heterocycles. The lowest BCUT2D eigenvalue weighted by Gasteiger charge is -2.01. The van der Waals surface area contributed by atoms with Crippen LogP contribution < -0.4 is 5.32 Å². The van der Waals surface area contributed by atoms with Crippen LogP contribution in [-0.2, 0) is 11.2 Å². The SMILES string of the molecule is CCc1nc(SCC(=O)Nc2sccc2C#N)n[nH]1. The Hall–Kier alpha value is -1.85. The van der Waals surface area contributed by atoms with Gasteiger partial charge in [0.2, 0.25) is 11.1 Å². The molecule has 0 unspecified atom stereocenters. The number of thiophene rings is 1. The summed E-state index contributed by atoms with van der Waals surface area (Å²) in [4.78, 5) is 15.9. The highest BCUT2D eigenvalue weighted by Gasteiger charge is 2.10. The first-order valence-electron chi connectivity index (χ1n) is 5.54. The van der Waals surface area contributed by atoms with Crippen LogP contribution in [0.2, 0.25) is 0 Å². The quantitative estimate of drug-likeness (QED) is 0.823. The molecule has 0 aliphatic rings. The molecule has 8 heteroatoms. The maximum absolute atomic E-state index is 11.7. The minimum atomic E-state index is -0.174. The van der Waals surface area contributed by atoms with E-state index >= 15 is 0 Å². The Morgan fingerprint density at radius 2 is 2.53 bits per heavy atom. The minimum Gasteiger partial charge on any atom is -0.316 e. The molecule has 2 aromatic rings. The van der Waals surface area contributed by atoms with Crippen molar-refractivity contribution in [3.63, 3.8) is 0 Å². The summed E-state index contributed by atoms with van der Waals surface area (Å²) in [6.07, 6.45) is 0.778. The third kappa shape index (κ3) is 3.56. The van der Waals surface area contributed by atoms with Gasteiger partial charge in [0.25, 0.3) is 0 Å². The molecule has 6 nitrogen and oxygen atoms in total. The van der Waals surface area contributed by atoms with E-state index in [1.54, 1.807) is 11.4 Å². The number of amides is 1. The minimum absolute atomic E-state index is 0.174. The average Bonchev–Trinajstić information content (AvgIpc) is 3.04. The lowest BCUT2D eigenvalue weighted by atomic mass is 10.3. The Balaban J connectivity index is 1.87. The summed E-state index contributed by atoms with van der Waals surface area (Å²) >= 11 is 2.59. The molecule has 2 N–H and O–H groups in total. The van der Waals surface area contributed by atoms with Crippen LogP contribution in [0, 0.1) is 11.3 Å². The van der Waals surface area contributed by atoms with Crippen molar-refractivity contribution in [1.29, 1.82) is 5.26 Å². The molecule has 0 spiro atoms. The zero-order valence-electron chi connectivity index (χ0n) is 10.1. The van der Waals surface area contributed by atoms with Gasteiger partial charge in [-0.25, -0.2) is 4.98 Å². The molecule has 98 valence electrons. The van der Waals surface area contributed by atoms with Crippen molar-refractivity contribution in [2.24, 2.45) is 0 Å². The summed E-state index contributed by atoms with van der Waals surface area (Å²) in [7, 11) is 0. The molecule has 2 rings (SSSR count). The van der Waals surface area contributed by atoms with Crippen molar-refractivity contribution in [3.05, 3.63) is 22.8 Å². The number of nitriles is 1. The van der Waals surface area contributed by atoms with E-state index in [2.05, 4.69) is 20.5 Å². The number of nitrogens with zero attached hydrogens (tertiary/aromatic N) is 3. The number of thioether (sulfide) groups is 1. The van der Waals surface area contributed by atoms with Gasteiger partial charge in [0, 0.05) is 6.42 Å². The maximum atomic E-state index is 11.7. The largest absolute Gasteiger partial charge is 0.316 e. The van der Waals surface area contributed by atoms with Crippen LogP contribution in [0.25, 0.3) is 0 Å². The number of H-pyrrole nitrogens is 1. The predicted octanol–water partition coefficient (Wildman–Crippen LogP) is 2.03. The summed E-state index contributed by atoms with van der Waals surface area (Å²) in [6.45, 7) is 1.97. The molecule has 0 atom stereocenters. The Kier molecular flexibility index (Phi) is 4.54. The molecule has 0 aliphatic carbocycles. The zero-order chi connectivity index (χ0) is 13.7. The van der Waals surface area contributed by atoms with Crippen LogP contribution in [-0.4, -0.2) is 26.8 Å². The van der Waals surface area contributed by atoms with Crippen molar-refractivity contribution in [3.8, 4) is 6.07 Å². The highest BCUT2D eigenvalue weighted by molar-refractivity contribution is 7.99. The lowest BCUT2D eigenvalue weighted by Crippen LogP contribution is -2.13. The van der Waals surface area contributed by atoms with Crippen molar-refractivity contribution in [2.45, 2.75) is 18.5 Å². The third-order valence-corrected chi connectivity index (χ3v) is 3.89. The molecular weight excluding hydrogens is 282 g/mol. The fraction of sp³-hybridized carbons (Fsp3) is 0.273. The van der Waals surface area contributed by atoms with Crippen LogP contribution in [0.3, 0.4) is 0 Å². The fourth-order valence-electron chi connectivity index (χ4n) is 1.29. The van der Waals surface area contributed by atoms with E-state index in [1.165, 1.54) is 23.1 Å². The number of carbonyl (C=O) groups is 1. The number of anilines is 1. The number of rotatable bonds is 5. The van der Waals surface area contributed by atoms with E-state index in [9.17, 15) is 4.79 Å². The number of carbonyl (C=O) groups excluding carboxylic acids is 1. The second-order valence-electron chi connectivity index (χ2n) is 3.53. The topological polar surface area (TPSA) is 94.5 Å². The molecular formula is C11H11N5OS2. The van der Waals surface area contributed by atoms with Crippen LogP contribution >= 0.6 is 23.1 Å². The molecule has 1 amide bonds. The second kappa shape index (κ2) is 6.36. The van der Waals surface area contributed by atoms with E-state index in [1.807, 2.05) is 13.0 Å². The molecule has 0 saturated carbocycles. The molecule has 0 bridgehead atoms. The molecule has 19 heavy (non-hydrogen) atoms. The number of aryl methyl sites for hydroxylation is 1. The van der Waals surface area contributed by atoms with Gasteiger partial charge < -0.3 is 5.32 Å². The molecule has 0 radical (unpaired) electrons. The van der Waals surface area contributed by atoms with Gasteiger partial charge in [-0.3, -0.25) is 9.89 Å². The van der Waals surface area contributed by atoms with Crippen molar-refractivity contribution < 1.29 is 4.79 Å². The Labute approximate surface area is 118 Å². The van der Waals surface area contributed by atoms with Gasteiger partial charge in [0.05, 0.1) is 11.3 Å². The Morgan fingerprint density at radius 3 is 3.21 bits per heavy atom. The van der Waals surface area contributed by atoms with Crippen LogP contribution in [0.1, 0.15) is 18.3 Å². The number of hydrogen-bond acceptors (Lipinski definition) is 6. The number of aromatic amines is 1. The van der Waals surface area contributed by atoms with Crippen LogP contribution in [0.5, 0.6) is 0 Å². The lowest BCUT2D eigenvalue weighted by molar-refractivity contribution is -0.113. The van der Waals surface area contributed by atoms with Gasteiger partial charge in [-0.15, -0.1) is 16.4 Å². The van der Waals surface area contributed by atoms with Crippen molar-refractivity contribution in [2.75, 3.05) is 11.1 Å². The second-order valence-corrected chi connectivity index (χ2v) is 5.39. The summed E-state index contributed by atoms with van der Waals surface area (Å²) in [5.41, 5.74) is 0.481. The Morgan fingerprint density at radius 1 is 1.68 bits per heavy atom. The number of hydrogen-bond donors (Lipinski definition) is 2. The summed E-state index contributed by atoms with van der Waals surface area (Å²) in [5, 5.41) is 21.2. The maximum Gasteiger partial charge on any atom is 0.235 e. The fourth-order valence-corrected chi connectivity index (χ4v) is 2.66. The normalized spacial score (nSPS) is 10.1. The van der Waals surface area contributed by atoms with E-state index in [-0.39, 0.29) is 11.7 Å². The standard InChI is InChI=1S/C11H11N5OS2/c1-2-8-13-11(16-15-8)19-6-9(17)14-10-7(5-12)3-4-18-10/h3-4H,2,6H2,1H3,(H,14,17)(H,13,15,16). The summed E-state index contributed by atoms with van der Waals surface area (Å²) in [6, 6.07) is 3.70. The zero-order valence-corrected chi connectivity index (χ0v) is 11.8. The van der Waals surface area contributed by atoms with E-state index in [0.717, 1.165) is 12.2 Å². The number of aromatic nitrogens is 3. The highest BCUT2D eigenvalue weighted by atomic mass is 32.2. The summed E-state index contributed by atoms with van der Waals surface area (Å²) < 4.78 is 0. The van der Waals surface area contributed by atoms with E-state index < -0.39 is 0 Å². The summed E-state index contributed by atoms with van der Waals surface area (Å²) in [5.74, 6) is 0.837.